The Bertz CT molecular complexity index is 970. The van der Waals surface area contributed by atoms with Gasteiger partial charge in [0.1, 0.15) is 11.5 Å². The van der Waals surface area contributed by atoms with Gasteiger partial charge in [-0.05, 0) is 59.4 Å². The molecule has 0 heterocycles. The van der Waals surface area contributed by atoms with E-state index in [-0.39, 0.29) is 41.1 Å². The molecule has 29 heavy (non-hydrogen) atoms. The molecule has 0 bridgehead atoms. The first-order valence-electron chi connectivity index (χ1n) is 8.29. The van der Waals surface area contributed by atoms with Crippen molar-refractivity contribution in [2.45, 2.75) is 26.7 Å². The van der Waals surface area contributed by atoms with Crippen LogP contribution in [0.25, 0.3) is 11.1 Å². The summed E-state index contributed by atoms with van der Waals surface area (Å²) in [6, 6.07) is 12.5. The zero-order valence-electron chi connectivity index (χ0n) is 16.2. The molecule has 0 unspecified atom stereocenters. The molecule has 0 atom stereocenters. The summed E-state index contributed by atoms with van der Waals surface area (Å²) in [6.07, 6.45) is 1.37. The Morgan fingerprint density at radius 3 is 1.17 bits per heavy atom. The minimum absolute atomic E-state index is 0. The number of hydrogen-bond donors (Lipinski definition) is 2. The minimum atomic E-state index is -4.58. The second-order valence-electron chi connectivity index (χ2n) is 5.74. The van der Waals surface area contributed by atoms with Crippen LogP contribution in [0.1, 0.15) is 37.8 Å². The normalized spacial score (nSPS) is 12.6. The molecule has 2 aromatic carbocycles. The van der Waals surface area contributed by atoms with Gasteiger partial charge in [-0.15, -0.1) is 0 Å². The third-order valence-electron chi connectivity index (χ3n) is 3.88. The van der Waals surface area contributed by atoms with E-state index in [1.165, 1.54) is 24.3 Å². The van der Waals surface area contributed by atoms with Crippen molar-refractivity contribution in [1.29, 1.82) is 0 Å². The molecule has 2 N–H and O–H groups in total. The third-order valence-corrected chi connectivity index (χ3v) is 4.69. The Kier molecular flexibility index (Phi) is 9.35. The molecule has 152 valence electrons. The van der Waals surface area contributed by atoms with Crippen molar-refractivity contribution in [1.82, 2.24) is 0 Å². The van der Waals surface area contributed by atoms with E-state index in [0.29, 0.717) is 12.8 Å². The number of rotatable bonds is 8. The van der Waals surface area contributed by atoms with Crippen LogP contribution in [0.3, 0.4) is 0 Å². The summed E-state index contributed by atoms with van der Waals surface area (Å²) in [5.41, 5.74) is 3.70. The van der Waals surface area contributed by atoms with E-state index in [1.807, 2.05) is 13.8 Å². The van der Waals surface area contributed by atoms with Gasteiger partial charge in [0.25, 0.3) is 0 Å². The van der Waals surface area contributed by atoms with Crippen LogP contribution in [0, 0.1) is 0 Å². The molecular weight excluding hydrogens is 431 g/mol. The fourth-order valence-corrected chi connectivity index (χ4v) is 3.56. The van der Waals surface area contributed by atoms with Crippen molar-refractivity contribution in [2.24, 2.45) is 0 Å². The van der Waals surface area contributed by atoms with Crippen LogP contribution in [0.4, 0.5) is 0 Å². The summed E-state index contributed by atoms with van der Waals surface area (Å²) >= 11 is 0. The van der Waals surface area contributed by atoms with Gasteiger partial charge in [-0.2, -0.15) is 16.8 Å². The van der Waals surface area contributed by atoms with Crippen LogP contribution in [0.2, 0.25) is 0 Å². The second-order valence-corrected chi connectivity index (χ2v) is 7.78. The summed E-state index contributed by atoms with van der Waals surface area (Å²) in [6.45, 7) is 3.95. The fourth-order valence-electron chi connectivity index (χ4n) is 2.85. The van der Waals surface area contributed by atoms with E-state index in [9.17, 15) is 16.8 Å². The van der Waals surface area contributed by atoms with E-state index in [1.54, 1.807) is 24.3 Å². The smallest absolute Gasteiger partial charge is 0.362 e. The molecule has 0 aliphatic carbocycles. The van der Waals surface area contributed by atoms with Crippen molar-refractivity contribution in [3.8, 4) is 11.5 Å². The Hall–Kier alpha value is -1.40. The SMILES string of the molecule is CC/C(=C(\CC)c1ccc(OS(=O)(=O)O)cc1)c1ccc(OS(=O)(=O)O)cc1.[Na+]. The van der Waals surface area contributed by atoms with Crippen molar-refractivity contribution in [2.75, 3.05) is 0 Å². The Balaban J connectivity index is 0.00000420. The van der Waals surface area contributed by atoms with Crippen LogP contribution in [-0.2, 0) is 20.8 Å². The molecular formula is C18H20NaO8S2+. The molecule has 2 rings (SSSR count). The largest absolute Gasteiger partial charge is 1.00 e. The Labute approximate surface area is 192 Å². The van der Waals surface area contributed by atoms with E-state index >= 15 is 0 Å². The van der Waals surface area contributed by atoms with Crippen molar-refractivity contribution in [3.63, 3.8) is 0 Å². The van der Waals surface area contributed by atoms with Gasteiger partial charge in [-0.25, -0.2) is 0 Å². The first kappa shape index (κ1) is 25.6. The van der Waals surface area contributed by atoms with Gasteiger partial charge in [0.15, 0.2) is 0 Å². The molecule has 0 saturated heterocycles. The topological polar surface area (TPSA) is 127 Å². The number of allylic oxidation sites excluding steroid dienone is 2. The van der Waals surface area contributed by atoms with Gasteiger partial charge in [-0.1, -0.05) is 38.1 Å². The standard InChI is InChI=1S/C18H20O8S2.Na/c1-3-17(13-5-9-15(10-6-13)25-27(19,20)21)18(4-2)14-7-11-16(12-8-14)26-28(22,23)24;/h5-12H,3-4H2,1-2H3,(H,19,20,21)(H,22,23,24);/q;+1/b18-17-;. The summed E-state index contributed by atoms with van der Waals surface area (Å²) < 4.78 is 69.5. The first-order chi connectivity index (χ1) is 13.0. The Morgan fingerprint density at radius 2 is 0.966 bits per heavy atom. The quantitative estimate of drug-likeness (QED) is 0.343. The van der Waals surface area contributed by atoms with Crippen LogP contribution >= 0.6 is 0 Å². The zero-order chi connectivity index (χ0) is 20.9. The molecule has 0 radical (unpaired) electrons. The summed E-state index contributed by atoms with van der Waals surface area (Å²) in [7, 11) is -9.16. The zero-order valence-corrected chi connectivity index (χ0v) is 19.8. The maximum atomic E-state index is 10.8. The van der Waals surface area contributed by atoms with Crippen molar-refractivity contribution >= 4 is 31.9 Å². The van der Waals surface area contributed by atoms with Gasteiger partial charge in [-0.3, -0.25) is 9.11 Å². The predicted molar refractivity (Wildman–Crippen MR) is 105 cm³/mol. The molecule has 0 aliphatic rings. The summed E-state index contributed by atoms with van der Waals surface area (Å²) in [5, 5.41) is 0. The van der Waals surface area contributed by atoms with Gasteiger partial charge >= 0.3 is 50.4 Å². The molecule has 11 heteroatoms. The van der Waals surface area contributed by atoms with Gasteiger partial charge < -0.3 is 8.37 Å². The van der Waals surface area contributed by atoms with Crippen LogP contribution in [0.5, 0.6) is 11.5 Å². The fraction of sp³-hybridized carbons (Fsp3) is 0.222. The number of hydrogen-bond acceptors (Lipinski definition) is 6. The molecule has 2 aromatic rings. The van der Waals surface area contributed by atoms with Gasteiger partial charge in [0, 0.05) is 0 Å². The van der Waals surface area contributed by atoms with Gasteiger partial charge in [0.2, 0.25) is 0 Å². The van der Waals surface area contributed by atoms with Crippen molar-refractivity contribution < 1.29 is 63.9 Å². The van der Waals surface area contributed by atoms with E-state index in [2.05, 4.69) is 8.37 Å². The van der Waals surface area contributed by atoms with Crippen LogP contribution in [0.15, 0.2) is 48.5 Å². The molecule has 0 amide bonds. The molecule has 0 saturated carbocycles. The van der Waals surface area contributed by atoms with E-state index in [4.69, 9.17) is 9.11 Å². The molecule has 0 aliphatic heterocycles. The molecule has 0 aromatic heterocycles. The van der Waals surface area contributed by atoms with Crippen molar-refractivity contribution in [3.05, 3.63) is 59.7 Å². The number of benzene rings is 2. The molecule has 0 fully saturated rings. The molecule has 8 nitrogen and oxygen atoms in total. The van der Waals surface area contributed by atoms with Crippen LogP contribution in [-0.4, -0.2) is 25.9 Å². The van der Waals surface area contributed by atoms with E-state index in [0.717, 1.165) is 22.3 Å². The first-order valence-corrected chi connectivity index (χ1v) is 11.0. The average Bonchev–Trinajstić information content (AvgIpc) is 2.59. The van der Waals surface area contributed by atoms with E-state index < -0.39 is 20.8 Å². The van der Waals surface area contributed by atoms with Gasteiger partial charge in [0.05, 0.1) is 0 Å². The average molecular weight is 451 g/mol. The maximum Gasteiger partial charge on any atom is 1.00 e. The second kappa shape index (κ2) is 10.6. The maximum absolute atomic E-state index is 10.8. The molecule has 0 spiro atoms. The monoisotopic (exact) mass is 451 g/mol. The summed E-state index contributed by atoms with van der Waals surface area (Å²) in [5.74, 6) is -0.0158. The van der Waals surface area contributed by atoms with Crippen LogP contribution < -0.4 is 37.9 Å². The summed E-state index contributed by atoms with van der Waals surface area (Å²) in [4.78, 5) is 0. The minimum Gasteiger partial charge on any atom is -0.362 e. The predicted octanol–water partition coefficient (Wildman–Crippen LogP) is 0.785. The third kappa shape index (κ3) is 8.09. The Morgan fingerprint density at radius 1 is 0.690 bits per heavy atom.